The third-order valence-electron chi connectivity index (χ3n) is 7.12. The van der Waals surface area contributed by atoms with Gasteiger partial charge < -0.3 is 25.4 Å². The molecule has 0 saturated heterocycles. The number of phenolic OH excluding ortho intramolecular Hbond substituents is 1. The van der Waals surface area contributed by atoms with E-state index in [0.29, 0.717) is 16.8 Å². The number of rotatable bonds is 9. The molecule has 0 fully saturated rings. The number of ether oxygens (including phenoxy) is 1. The van der Waals surface area contributed by atoms with Crippen LogP contribution in [-0.4, -0.2) is 46.1 Å². The number of para-hydroxylation sites is 1. The van der Waals surface area contributed by atoms with Crippen molar-refractivity contribution in [3.05, 3.63) is 94.0 Å². The van der Waals surface area contributed by atoms with Crippen LogP contribution in [0.5, 0.6) is 5.75 Å². The summed E-state index contributed by atoms with van der Waals surface area (Å²) in [5.41, 5.74) is 4.43. The first kappa shape index (κ1) is 32.7. The first-order chi connectivity index (χ1) is 20.2. The van der Waals surface area contributed by atoms with E-state index < -0.39 is 42.1 Å². The highest BCUT2D eigenvalue weighted by Gasteiger charge is 2.37. The Morgan fingerprint density at radius 3 is 2.09 bits per heavy atom. The molecule has 3 aromatic carbocycles. The number of hydrogen-bond donors (Lipinski definition) is 3. The summed E-state index contributed by atoms with van der Waals surface area (Å²) in [6.07, 6.45) is -0.789. The first-order valence-corrected chi connectivity index (χ1v) is 14.1. The van der Waals surface area contributed by atoms with Crippen LogP contribution < -0.4 is 10.6 Å². The summed E-state index contributed by atoms with van der Waals surface area (Å²) < 4.78 is 5.44. The van der Waals surface area contributed by atoms with Crippen LogP contribution in [0.4, 0.5) is 10.5 Å². The number of amides is 3. The number of carbonyl (C=O) groups is 3. The van der Waals surface area contributed by atoms with Crippen molar-refractivity contribution in [3.8, 4) is 11.8 Å². The predicted molar refractivity (Wildman–Crippen MR) is 165 cm³/mol. The van der Waals surface area contributed by atoms with Crippen LogP contribution in [0.15, 0.2) is 60.7 Å². The molecular formula is C34H40N4O5. The lowest BCUT2D eigenvalue weighted by atomic mass is 9.94. The van der Waals surface area contributed by atoms with E-state index in [1.807, 2.05) is 58.0 Å². The number of carbonyl (C=O) groups excluding carboxylic acids is 3. The molecule has 0 spiro atoms. The van der Waals surface area contributed by atoms with Crippen LogP contribution in [0, 0.1) is 39.0 Å². The van der Waals surface area contributed by atoms with E-state index in [9.17, 15) is 24.8 Å². The van der Waals surface area contributed by atoms with E-state index in [-0.39, 0.29) is 12.2 Å². The van der Waals surface area contributed by atoms with Crippen molar-refractivity contribution in [2.75, 3.05) is 11.9 Å². The van der Waals surface area contributed by atoms with E-state index in [4.69, 9.17) is 4.74 Å². The van der Waals surface area contributed by atoms with Gasteiger partial charge in [0.25, 0.3) is 5.91 Å². The second-order valence-electron chi connectivity index (χ2n) is 11.6. The fraction of sp³-hybridized carbons (Fsp3) is 0.353. The zero-order valence-corrected chi connectivity index (χ0v) is 25.8. The number of benzene rings is 3. The normalized spacial score (nSPS) is 12.4. The molecule has 0 aliphatic heterocycles. The van der Waals surface area contributed by atoms with Crippen LogP contribution in [-0.2, 0) is 20.7 Å². The van der Waals surface area contributed by atoms with Gasteiger partial charge in [0.1, 0.15) is 30.0 Å². The van der Waals surface area contributed by atoms with Gasteiger partial charge in [0.2, 0.25) is 5.91 Å². The highest BCUT2D eigenvalue weighted by molar-refractivity contribution is 6.00. The van der Waals surface area contributed by atoms with Crippen molar-refractivity contribution in [1.82, 2.24) is 10.2 Å². The predicted octanol–water partition coefficient (Wildman–Crippen LogP) is 5.79. The smallest absolute Gasteiger partial charge is 0.408 e. The van der Waals surface area contributed by atoms with E-state index in [0.717, 1.165) is 22.3 Å². The molecule has 0 bridgehead atoms. The number of aromatic hydroxyl groups is 1. The number of anilines is 1. The minimum atomic E-state index is -1.19. The van der Waals surface area contributed by atoms with Crippen molar-refractivity contribution in [2.24, 2.45) is 0 Å². The first-order valence-electron chi connectivity index (χ1n) is 14.1. The zero-order chi connectivity index (χ0) is 31.9. The second kappa shape index (κ2) is 13.9. The van der Waals surface area contributed by atoms with Gasteiger partial charge in [0.15, 0.2) is 0 Å². The summed E-state index contributed by atoms with van der Waals surface area (Å²) >= 11 is 0. The van der Waals surface area contributed by atoms with Crippen LogP contribution in [0.25, 0.3) is 0 Å². The Morgan fingerprint density at radius 2 is 1.51 bits per heavy atom. The molecule has 9 nitrogen and oxygen atoms in total. The van der Waals surface area contributed by atoms with Crippen LogP contribution >= 0.6 is 0 Å². The Kier molecular flexibility index (Phi) is 10.5. The Balaban J connectivity index is 2.12. The van der Waals surface area contributed by atoms with E-state index >= 15 is 0 Å². The van der Waals surface area contributed by atoms with Gasteiger partial charge in [-0.1, -0.05) is 48.5 Å². The maximum atomic E-state index is 14.4. The van der Waals surface area contributed by atoms with Crippen LogP contribution in [0.2, 0.25) is 0 Å². The third-order valence-corrected chi connectivity index (χ3v) is 7.12. The largest absolute Gasteiger partial charge is 0.508 e. The summed E-state index contributed by atoms with van der Waals surface area (Å²) in [4.78, 5) is 42.7. The quantitative estimate of drug-likeness (QED) is 0.273. The minimum Gasteiger partial charge on any atom is -0.508 e. The molecule has 3 rings (SSSR count). The Morgan fingerprint density at radius 1 is 0.930 bits per heavy atom. The van der Waals surface area contributed by atoms with E-state index in [1.165, 1.54) is 17.0 Å². The Hall–Kier alpha value is -4.84. The van der Waals surface area contributed by atoms with E-state index in [1.54, 1.807) is 45.0 Å². The molecule has 0 radical (unpaired) electrons. The lowest BCUT2D eigenvalue weighted by molar-refractivity contribution is -0.140. The van der Waals surface area contributed by atoms with Gasteiger partial charge in [-0.3, -0.25) is 9.59 Å². The fourth-order valence-electron chi connectivity index (χ4n) is 4.81. The van der Waals surface area contributed by atoms with Crippen molar-refractivity contribution in [3.63, 3.8) is 0 Å². The van der Waals surface area contributed by atoms with E-state index in [2.05, 4.69) is 10.6 Å². The topological polar surface area (TPSA) is 132 Å². The number of alkyl carbamates (subject to hydrolysis) is 1. The monoisotopic (exact) mass is 584 g/mol. The summed E-state index contributed by atoms with van der Waals surface area (Å²) in [5.74, 6) is -1.07. The van der Waals surface area contributed by atoms with Gasteiger partial charge in [-0.15, -0.1) is 0 Å². The highest BCUT2D eigenvalue weighted by atomic mass is 16.6. The van der Waals surface area contributed by atoms with Crippen LogP contribution in [0.3, 0.4) is 0 Å². The second-order valence-corrected chi connectivity index (χ2v) is 11.6. The lowest BCUT2D eigenvalue weighted by Crippen LogP contribution is -2.53. The number of nitrogens with one attached hydrogen (secondary N) is 2. The van der Waals surface area contributed by atoms with Crippen molar-refractivity contribution >= 4 is 23.6 Å². The number of nitriles is 1. The molecule has 0 heterocycles. The zero-order valence-electron chi connectivity index (χ0n) is 25.8. The van der Waals surface area contributed by atoms with Gasteiger partial charge in [0, 0.05) is 12.1 Å². The molecule has 0 aliphatic carbocycles. The summed E-state index contributed by atoms with van der Waals surface area (Å²) in [6, 6.07) is 17.0. The number of hydrogen-bond acceptors (Lipinski definition) is 6. The van der Waals surface area contributed by atoms with Crippen molar-refractivity contribution in [1.29, 1.82) is 5.26 Å². The number of phenols is 1. The average molecular weight is 585 g/mol. The Labute approximate surface area is 253 Å². The standard InChI is InChI=1S/C34H40N4O5/c1-21-10-9-13-27(24(21)4)30(31(40)37-29-22(2)11-8-12-23(29)3)38(19-18-35)32(41)28(36-33(42)43-34(5,6)7)20-25-14-16-26(39)17-15-25/h8-17,28,30,39H,19-20H2,1-7H3,(H,36,42)(H,37,40). The molecule has 0 aromatic heterocycles. The lowest BCUT2D eigenvalue weighted by Gasteiger charge is -2.34. The molecule has 2 atom stereocenters. The molecule has 9 heteroatoms. The molecule has 0 aliphatic rings. The van der Waals surface area contributed by atoms with Crippen LogP contribution in [0.1, 0.15) is 60.2 Å². The number of aryl methyl sites for hydroxylation is 3. The van der Waals surface area contributed by atoms with Crippen molar-refractivity contribution in [2.45, 2.75) is 72.6 Å². The fourth-order valence-corrected chi connectivity index (χ4v) is 4.81. The van der Waals surface area contributed by atoms with Gasteiger partial charge in [0.05, 0.1) is 6.07 Å². The van der Waals surface area contributed by atoms with Gasteiger partial charge in [-0.05, 0) is 94.0 Å². The molecule has 3 N–H and O–H groups in total. The molecule has 0 saturated carbocycles. The highest BCUT2D eigenvalue weighted by Crippen LogP contribution is 2.30. The molecule has 3 aromatic rings. The molecular weight excluding hydrogens is 544 g/mol. The minimum absolute atomic E-state index is 0.0261. The van der Waals surface area contributed by atoms with Gasteiger partial charge in [-0.25, -0.2) is 4.79 Å². The summed E-state index contributed by atoms with van der Waals surface area (Å²) in [5, 5.41) is 25.3. The van der Waals surface area contributed by atoms with Gasteiger partial charge >= 0.3 is 6.09 Å². The SMILES string of the molecule is Cc1cccc(C(C(=O)Nc2c(C)cccc2C)N(CC#N)C(=O)C(Cc2ccc(O)cc2)NC(=O)OC(C)(C)C)c1C. The summed E-state index contributed by atoms with van der Waals surface area (Å²) in [6.45, 7) is 12.2. The number of nitrogens with zero attached hydrogens (tertiary/aromatic N) is 2. The van der Waals surface area contributed by atoms with Gasteiger partial charge in [-0.2, -0.15) is 5.26 Å². The molecule has 3 amide bonds. The maximum absolute atomic E-state index is 14.4. The van der Waals surface area contributed by atoms with Crippen molar-refractivity contribution < 1.29 is 24.2 Å². The third kappa shape index (κ3) is 8.58. The molecule has 2 unspecified atom stereocenters. The average Bonchev–Trinajstić information content (AvgIpc) is 2.92. The Bertz CT molecular complexity index is 1500. The molecule has 43 heavy (non-hydrogen) atoms. The molecule has 226 valence electrons. The summed E-state index contributed by atoms with van der Waals surface area (Å²) in [7, 11) is 0. The maximum Gasteiger partial charge on any atom is 0.408 e.